The van der Waals surface area contributed by atoms with E-state index in [1.165, 1.54) is 24.3 Å². The second kappa shape index (κ2) is 5.18. The molecule has 0 unspecified atom stereocenters. The number of rotatable bonds is 4. The van der Waals surface area contributed by atoms with E-state index in [1.807, 2.05) is 0 Å². The van der Waals surface area contributed by atoms with Gasteiger partial charge in [0.1, 0.15) is 0 Å². The van der Waals surface area contributed by atoms with Crippen molar-refractivity contribution in [1.82, 2.24) is 0 Å². The highest BCUT2D eigenvalue weighted by Gasteiger charge is 2.07. The summed E-state index contributed by atoms with van der Waals surface area (Å²) in [5.74, 6) is -0.456. The predicted molar refractivity (Wildman–Crippen MR) is 60.8 cm³/mol. The van der Waals surface area contributed by atoms with Crippen LogP contribution in [0.4, 0.5) is 5.69 Å². The van der Waals surface area contributed by atoms with Gasteiger partial charge in [0.2, 0.25) is 0 Å². The lowest BCUT2D eigenvalue weighted by molar-refractivity contribution is 0.0526. The highest BCUT2D eigenvalue weighted by atomic mass is 35.7. The van der Waals surface area contributed by atoms with Gasteiger partial charge in [-0.3, -0.25) is 4.72 Å². The molecular weight excluding hydrogens is 254 g/mol. The Bertz CT molecular complexity index is 469. The van der Waals surface area contributed by atoms with Crippen molar-refractivity contribution in [3.05, 3.63) is 29.8 Å². The van der Waals surface area contributed by atoms with Crippen molar-refractivity contribution >= 4 is 31.6 Å². The van der Waals surface area contributed by atoms with Crippen LogP contribution in [0.5, 0.6) is 0 Å². The zero-order valence-electron chi connectivity index (χ0n) is 8.44. The molecule has 0 aliphatic heterocycles. The smallest absolute Gasteiger partial charge is 0.338 e. The van der Waals surface area contributed by atoms with E-state index >= 15 is 0 Å². The third-order valence-electron chi connectivity index (χ3n) is 1.64. The van der Waals surface area contributed by atoms with Gasteiger partial charge >= 0.3 is 15.2 Å². The van der Waals surface area contributed by atoms with E-state index < -0.39 is 15.2 Å². The summed E-state index contributed by atoms with van der Waals surface area (Å²) in [6.07, 6.45) is 0. The Morgan fingerprint density at radius 2 is 1.94 bits per heavy atom. The molecule has 5 nitrogen and oxygen atoms in total. The first-order valence-corrected chi connectivity index (χ1v) is 6.73. The van der Waals surface area contributed by atoms with Crippen LogP contribution in [0.25, 0.3) is 0 Å². The summed E-state index contributed by atoms with van der Waals surface area (Å²) in [6, 6.07) is 5.74. The number of nitrogens with one attached hydrogen (secondary N) is 1. The normalized spacial score (nSPS) is 10.9. The summed E-state index contributed by atoms with van der Waals surface area (Å²) in [4.78, 5) is 11.3. The van der Waals surface area contributed by atoms with Crippen molar-refractivity contribution in [1.29, 1.82) is 0 Å². The van der Waals surface area contributed by atoms with Gasteiger partial charge in [-0.15, -0.1) is 0 Å². The van der Waals surface area contributed by atoms with Crippen LogP contribution in [-0.4, -0.2) is 21.0 Å². The Hall–Kier alpha value is -1.27. The largest absolute Gasteiger partial charge is 0.462 e. The average Bonchev–Trinajstić information content (AvgIpc) is 2.16. The number of ether oxygens (including phenoxy) is 1. The Balaban J connectivity index is 2.79. The average molecular weight is 264 g/mol. The van der Waals surface area contributed by atoms with E-state index in [-0.39, 0.29) is 12.3 Å². The molecule has 0 fully saturated rings. The van der Waals surface area contributed by atoms with E-state index in [0.29, 0.717) is 5.56 Å². The lowest BCUT2D eigenvalue weighted by Gasteiger charge is -2.04. The molecule has 1 aromatic carbocycles. The van der Waals surface area contributed by atoms with Gasteiger partial charge < -0.3 is 4.74 Å². The number of hydrogen-bond donors (Lipinski definition) is 1. The van der Waals surface area contributed by atoms with Crippen LogP contribution < -0.4 is 4.72 Å². The zero-order valence-corrected chi connectivity index (χ0v) is 10.0. The maximum Gasteiger partial charge on any atom is 0.338 e. The summed E-state index contributed by atoms with van der Waals surface area (Å²) >= 11 is 0. The minimum Gasteiger partial charge on any atom is -0.462 e. The van der Waals surface area contributed by atoms with Crippen LogP contribution in [0.1, 0.15) is 17.3 Å². The molecule has 16 heavy (non-hydrogen) atoms. The van der Waals surface area contributed by atoms with Crippen LogP contribution >= 0.6 is 10.7 Å². The molecule has 0 aliphatic rings. The zero-order chi connectivity index (χ0) is 12.2. The molecule has 0 heterocycles. The Morgan fingerprint density at radius 3 is 2.38 bits per heavy atom. The standard InChI is InChI=1S/C9H10ClNO4S/c1-2-15-9(12)7-3-5-8(6-4-7)11-16(10,13)14/h3-6,11H,2H2,1H3. The van der Waals surface area contributed by atoms with Crippen LogP contribution in [0.3, 0.4) is 0 Å². The van der Waals surface area contributed by atoms with Crippen LogP contribution in [0, 0.1) is 0 Å². The Kier molecular flexibility index (Phi) is 4.14. The van der Waals surface area contributed by atoms with Gasteiger partial charge in [-0.1, -0.05) is 0 Å². The quantitative estimate of drug-likeness (QED) is 0.664. The molecular formula is C9H10ClNO4S. The lowest BCUT2D eigenvalue weighted by atomic mass is 10.2. The second-order valence-electron chi connectivity index (χ2n) is 2.84. The maximum absolute atomic E-state index is 11.3. The summed E-state index contributed by atoms with van der Waals surface area (Å²) in [7, 11) is 1.17. The van der Waals surface area contributed by atoms with E-state index in [1.54, 1.807) is 6.92 Å². The van der Waals surface area contributed by atoms with E-state index in [4.69, 9.17) is 15.4 Å². The third-order valence-corrected chi connectivity index (χ3v) is 2.35. The molecule has 0 radical (unpaired) electrons. The van der Waals surface area contributed by atoms with Crippen molar-refractivity contribution in [2.75, 3.05) is 11.3 Å². The number of esters is 1. The lowest BCUT2D eigenvalue weighted by Crippen LogP contribution is -2.06. The van der Waals surface area contributed by atoms with Crippen molar-refractivity contribution in [3.8, 4) is 0 Å². The van der Waals surface area contributed by atoms with Gasteiger partial charge in [-0.2, -0.15) is 8.42 Å². The molecule has 0 atom stereocenters. The number of anilines is 1. The fourth-order valence-corrected chi connectivity index (χ4v) is 1.71. The van der Waals surface area contributed by atoms with Gasteiger partial charge in [0.15, 0.2) is 0 Å². The van der Waals surface area contributed by atoms with E-state index in [2.05, 4.69) is 4.72 Å². The highest BCUT2D eigenvalue weighted by molar-refractivity contribution is 8.14. The summed E-state index contributed by atoms with van der Waals surface area (Å²) in [6.45, 7) is 1.99. The van der Waals surface area contributed by atoms with Crippen molar-refractivity contribution in [2.24, 2.45) is 0 Å². The number of carbonyl (C=O) groups excluding carboxylic acids is 1. The molecule has 7 heteroatoms. The first-order chi connectivity index (χ1) is 7.42. The number of carbonyl (C=O) groups is 1. The summed E-state index contributed by atoms with van der Waals surface area (Å²) in [5.41, 5.74) is 0.627. The Labute approximate surface area is 97.9 Å². The molecule has 0 saturated carbocycles. The molecule has 1 N–H and O–H groups in total. The van der Waals surface area contributed by atoms with E-state index in [0.717, 1.165) is 0 Å². The molecule has 1 aromatic rings. The molecule has 1 rings (SSSR count). The molecule has 88 valence electrons. The molecule has 0 saturated heterocycles. The number of halogens is 1. The second-order valence-corrected chi connectivity index (χ2v) is 5.14. The fraction of sp³-hybridized carbons (Fsp3) is 0.222. The first kappa shape index (κ1) is 12.8. The SMILES string of the molecule is CCOC(=O)c1ccc(NS(=O)(=O)Cl)cc1. The number of hydrogen-bond acceptors (Lipinski definition) is 4. The maximum atomic E-state index is 11.3. The molecule has 0 amide bonds. The van der Waals surface area contributed by atoms with Crippen LogP contribution in [0.2, 0.25) is 0 Å². The van der Waals surface area contributed by atoms with E-state index in [9.17, 15) is 13.2 Å². The van der Waals surface area contributed by atoms with Crippen molar-refractivity contribution < 1.29 is 17.9 Å². The van der Waals surface area contributed by atoms with Gasteiger partial charge in [0, 0.05) is 16.4 Å². The van der Waals surface area contributed by atoms with Crippen LogP contribution in [-0.2, 0) is 14.0 Å². The van der Waals surface area contributed by atoms with Gasteiger partial charge in [-0.05, 0) is 31.2 Å². The van der Waals surface area contributed by atoms with Gasteiger partial charge in [0.25, 0.3) is 0 Å². The molecule has 0 aliphatic carbocycles. The first-order valence-electron chi connectivity index (χ1n) is 4.42. The van der Waals surface area contributed by atoms with Crippen molar-refractivity contribution in [2.45, 2.75) is 6.92 Å². The van der Waals surface area contributed by atoms with Gasteiger partial charge in [0.05, 0.1) is 12.2 Å². The van der Waals surface area contributed by atoms with Crippen LogP contribution in [0.15, 0.2) is 24.3 Å². The molecule has 0 aromatic heterocycles. The molecule has 0 bridgehead atoms. The topological polar surface area (TPSA) is 72.5 Å². The summed E-state index contributed by atoms with van der Waals surface area (Å²) < 4.78 is 28.2. The van der Waals surface area contributed by atoms with Crippen molar-refractivity contribution in [3.63, 3.8) is 0 Å². The predicted octanol–water partition coefficient (Wildman–Crippen LogP) is 1.76. The summed E-state index contributed by atoms with van der Waals surface area (Å²) in [5, 5.41) is 0. The highest BCUT2D eigenvalue weighted by Crippen LogP contribution is 2.13. The Morgan fingerprint density at radius 1 is 1.38 bits per heavy atom. The minimum atomic E-state index is -3.81. The monoisotopic (exact) mass is 263 g/mol. The molecule has 0 spiro atoms. The van der Waals surface area contributed by atoms with Gasteiger partial charge in [-0.25, -0.2) is 4.79 Å². The fourth-order valence-electron chi connectivity index (χ4n) is 1.03. The minimum absolute atomic E-state index is 0.281. The third kappa shape index (κ3) is 4.08. The number of benzene rings is 1.